The number of benzene rings is 2. The molecule has 0 bridgehead atoms. The molecule has 0 spiro atoms. The molecule has 8 heteroatoms. The number of carbonyl (C=O) groups excluding carboxylic acids is 3. The number of hydrogen-bond acceptors (Lipinski definition) is 4. The Morgan fingerprint density at radius 1 is 1.00 bits per heavy atom. The average molecular weight is 442 g/mol. The molecule has 1 saturated heterocycles. The normalized spacial score (nSPS) is 13.9. The van der Waals surface area contributed by atoms with Gasteiger partial charge in [0.05, 0.1) is 17.9 Å². The van der Waals surface area contributed by atoms with Gasteiger partial charge in [-0.05, 0) is 42.8 Å². The molecule has 0 atom stereocenters. The third kappa shape index (κ3) is 6.08. The first-order valence-corrected chi connectivity index (χ1v) is 10.4. The van der Waals surface area contributed by atoms with Gasteiger partial charge >= 0.3 is 6.09 Å². The largest absolute Gasteiger partial charge is 0.450 e. The van der Waals surface area contributed by atoms with Crippen molar-refractivity contribution in [2.75, 3.05) is 38.1 Å². The van der Waals surface area contributed by atoms with Gasteiger partial charge in [0, 0.05) is 37.3 Å². The number of piperazine rings is 1. The van der Waals surface area contributed by atoms with Gasteiger partial charge in [-0.25, -0.2) is 4.79 Å². The van der Waals surface area contributed by atoms with Crippen LogP contribution < -0.4 is 5.32 Å². The van der Waals surface area contributed by atoms with E-state index in [2.05, 4.69) is 5.32 Å². The lowest BCUT2D eigenvalue weighted by Gasteiger charge is -2.34. The van der Waals surface area contributed by atoms with Crippen molar-refractivity contribution in [3.63, 3.8) is 0 Å². The molecule has 3 rings (SSSR count). The fraction of sp³-hybridized carbons (Fsp3) is 0.261. The number of carbonyl (C=O) groups is 3. The minimum Gasteiger partial charge on any atom is -0.450 e. The van der Waals surface area contributed by atoms with E-state index in [1.54, 1.807) is 71.3 Å². The molecule has 2 aromatic carbocycles. The maximum atomic E-state index is 13.0. The first-order valence-electron chi connectivity index (χ1n) is 10.0. The molecule has 1 aliphatic heterocycles. The fourth-order valence-electron chi connectivity index (χ4n) is 3.18. The van der Waals surface area contributed by atoms with E-state index in [1.807, 2.05) is 0 Å². The lowest BCUT2D eigenvalue weighted by molar-refractivity contribution is -0.111. The van der Waals surface area contributed by atoms with Gasteiger partial charge in [0.15, 0.2) is 0 Å². The summed E-state index contributed by atoms with van der Waals surface area (Å²) in [5, 5.41) is 3.39. The number of halogens is 1. The highest BCUT2D eigenvalue weighted by Gasteiger charge is 2.26. The molecule has 7 nitrogen and oxygen atoms in total. The summed E-state index contributed by atoms with van der Waals surface area (Å²) in [7, 11) is 0. The van der Waals surface area contributed by atoms with Gasteiger partial charge in [-0.3, -0.25) is 9.59 Å². The maximum Gasteiger partial charge on any atom is 0.409 e. The molecular weight excluding hydrogens is 418 g/mol. The Hall–Kier alpha value is -3.32. The van der Waals surface area contributed by atoms with Gasteiger partial charge < -0.3 is 19.9 Å². The van der Waals surface area contributed by atoms with Gasteiger partial charge in [0.1, 0.15) is 0 Å². The van der Waals surface area contributed by atoms with Crippen LogP contribution in [0.15, 0.2) is 54.6 Å². The molecule has 162 valence electrons. The summed E-state index contributed by atoms with van der Waals surface area (Å²) in [5.41, 5.74) is 1.68. The second-order valence-corrected chi connectivity index (χ2v) is 7.33. The van der Waals surface area contributed by atoms with Crippen LogP contribution in [0.1, 0.15) is 22.8 Å². The zero-order chi connectivity index (χ0) is 22.2. The number of anilines is 1. The number of rotatable bonds is 5. The van der Waals surface area contributed by atoms with Crippen LogP contribution in [0.3, 0.4) is 0 Å². The van der Waals surface area contributed by atoms with Crippen molar-refractivity contribution in [2.24, 2.45) is 0 Å². The molecule has 0 aliphatic carbocycles. The highest BCUT2D eigenvalue weighted by atomic mass is 35.5. The van der Waals surface area contributed by atoms with Crippen molar-refractivity contribution in [1.29, 1.82) is 0 Å². The van der Waals surface area contributed by atoms with Crippen LogP contribution in [0.25, 0.3) is 6.08 Å². The van der Waals surface area contributed by atoms with Crippen LogP contribution in [0.2, 0.25) is 5.02 Å². The molecule has 0 aromatic heterocycles. The second kappa shape index (κ2) is 10.6. The number of ether oxygens (including phenoxy) is 1. The van der Waals surface area contributed by atoms with Crippen molar-refractivity contribution in [1.82, 2.24) is 9.80 Å². The van der Waals surface area contributed by atoms with Crippen LogP contribution >= 0.6 is 11.6 Å². The van der Waals surface area contributed by atoms with Gasteiger partial charge in [0.25, 0.3) is 5.91 Å². The molecule has 1 N–H and O–H groups in total. The third-order valence-corrected chi connectivity index (χ3v) is 5.06. The highest BCUT2D eigenvalue weighted by molar-refractivity contribution is 6.30. The Kier molecular flexibility index (Phi) is 7.67. The Balaban J connectivity index is 1.63. The smallest absolute Gasteiger partial charge is 0.409 e. The summed E-state index contributed by atoms with van der Waals surface area (Å²) in [5.74, 6) is -0.538. The molecule has 3 amide bonds. The van der Waals surface area contributed by atoms with Crippen LogP contribution in [-0.4, -0.2) is 60.5 Å². The van der Waals surface area contributed by atoms with Crippen molar-refractivity contribution < 1.29 is 19.1 Å². The van der Waals surface area contributed by atoms with Crippen molar-refractivity contribution in [3.8, 4) is 0 Å². The van der Waals surface area contributed by atoms with Crippen LogP contribution in [-0.2, 0) is 9.53 Å². The first kappa shape index (κ1) is 22.4. The van der Waals surface area contributed by atoms with E-state index in [1.165, 1.54) is 6.08 Å². The topological polar surface area (TPSA) is 79.0 Å². The number of nitrogens with one attached hydrogen (secondary N) is 1. The standard InChI is InChI=1S/C23H24ClN3O4/c1-2-31-23(30)27-15-13-26(14-16-27)22(29)19-5-3-4-6-20(19)25-21(28)12-9-17-7-10-18(24)11-8-17/h3-12H,2,13-16H2,1H3,(H,25,28)/b12-9+. The Labute approximate surface area is 186 Å². The first-order chi connectivity index (χ1) is 15.0. The van der Waals surface area contributed by atoms with Gasteiger partial charge in [-0.1, -0.05) is 35.9 Å². The Morgan fingerprint density at radius 3 is 2.32 bits per heavy atom. The summed E-state index contributed by atoms with van der Waals surface area (Å²) >= 11 is 5.87. The van der Waals surface area contributed by atoms with E-state index in [0.29, 0.717) is 49.1 Å². The minimum absolute atomic E-state index is 0.193. The number of hydrogen-bond donors (Lipinski definition) is 1. The predicted octanol–water partition coefficient (Wildman–Crippen LogP) is 3.91. The lowest BCUT2D eigenvalue weighted by atomic mass is 10.1. The van der Waals surface area contributed by atoms with Crippen molar-refractivity contribution in [2.45, 2.75) is 6.92 Å². The third-order valence-electron chi connectivity index (χ3n) is 4.81. The number of para-hydroxylation sites is 1. The zero-order valence-corrected chi connectivity index (χ0v) is 18.0. The molecule has 0 radical (unpaired) electrons. The summed E-state index contributed by atoms with van der Waals surface area (Å²) < 4.78 is 5.01. The monoisotopic (exact) mass is 441 g/mol. The van der Waals surface area contributed by atoms with Crippen molar-refractivity contribution in [3.05, 3.63) is 70.8 Å². The van der Waals surface area contributed by atoms with E-state index in [0.717, 1.165) is 5.56 Å². The molecule has 0 unspecified atom stereocenters. The maximum absolute atomic E-state index is 13.0. The van der Waals surface area contributed by atoms with Gasteiger partial charge in [-0.2, -0.15) is 0 Å². The molecule has 1 aliphatic rings. The van der Waals surface area contributed by atoms with Gasteiger partial charge in [-0.15, -0.1) is 0 Å². The molecule has 1 fully saturated rings. The van der Waals surface area contributed by atoms with Crippen molar-refractivity contribution >= 4 is 41.3 Å². The van der Waals surface area contributed by atoms with Crippen LogP contribution in [0, 0.1) is 0 Å². The van der Waals surface area contributed by atoms with E-state index in [-0.39, 0.29) is 17.9 Å². The van der Waals surface area contributed by atoms with Gasteiger partial charge in [0.2, 0.25) is 5.91 Å². The predicted molar refractivity (Wildman–Crippen MR) is 120 cm³/mol. The zero-order valence-electron chi connectivity index (χ0n) is 17.2. The Bertz CT molecular complexity index is 967. The molecule has 1 heterocycles. The SMILES string of the molecule is CCOC(=O)N1CCN(C(=O)c2ccccc2NC(=O)/C=C/c2ccc(Cl)cc2)CC1. The van der Waals surface area contributed by atoms with Crippen LogP contribution in [0.4, 0.5) is 10.5 Å². The molecular formula is C23H24ClN3O4. The Morgan fingerprint density at radius 2 is 1.65 bits per heavy atom. The molecule has 2 aromatic rings. The molecule has 31 heavy (non-hydrogen) atoms. The van der Waals surface area contributed by atoms with E-state index in [4.69, 9.17) is 16.3 Å². The van der Waals surface area contributed by atoms with E-state index >= 15 is 0 Å². The second-order valence-electron chi connectivity index (χ2n) is 6.90. The summed E-state index contributed by atoms with van der Waals surface area (Å²) in [6.07, 6.45) is 2.71. The lowest BCUT2D eigenvalue weighted by Crippen LogP contribution is -2.50. The summed E-state index contributed by atoms with van der Waals surface area (Å²) in [6.45, 7) is 3.68. The minimum atomic E-state index is -0.366. The molecule has 0 saturated carbocycles. The number of amides is 3. The fourth-order valence-corrected chi connectivity index (χ4v) is 3.30. The van der Waals surface area contributed by atoms with E-state index < -0.39 is 0 Å². The van der Waals surface area contributed by atoms with E-state index in [9.17, 15) is 14.4 Å². The summed E-state index contributed by atoms with van der Waals surface area (Å²) in [6, 6.07) is 14.0. The highest BCUT2D eigenvalue weighted by Crippen LogP contribution is 2.19. The van der Waals surface area contributed by atoms with Crippen LogP contribution in [0.5, 0.6) is 0 Å². The average Bonchev–Trinajstić information content (AvgIpc) is 2.79. The quantitative estimate of drug-likeness (QED) is 0.713. The summed E-state index contributed by atoms with van der Waals surface area (Å²) in [4.78, 5) is 40.5. The number of nitrogens with zero attached hydrogens (tertiary/aromatic N) is 2.